The van der Waals surface area contributed by atoms with Gasteiger partial charge in [-0.25, -0.2) is 9.97 Å². The maximum atomic E-state index is 12.8. The summed E-state index contributed by atoms with van der Waals surface area (Å²) < 4.78 is 16.3. The minimum atomic E-state index is -0.239. The summed E-state index contributed by atoms with van der Waals surface area (Å²) in [5.74, 6) is 1.89. The predicted octanol–water partition coefficient (Wildman–Crippen LogP) is 3.33. The van der Waals surface area contributed by atoms with Crippen LogP contribution in [-0.2, 0) is 6.42 Å². The molecule has 170 valence electrons. The monoisotopic (exact) mass is 447 g/mol. The first kappa shape index (κ1) is 22.1. The number of benzene rings is 1. The number of nitrogens with zero attached hydrogens (tertiary/aromatic N) is 3. The van der Waals surface area contributed by atoms with Crippen LogP contribution in [0.25, 0.3) is 22.2 Å². The van der Waals surface area contributed by atoms with Crippen molar-refractivity contribution in [3.8, 4) is 28.5 Å². The smallest absolute Gasteiger partial charge is 0.267 e. The van der Waals surface area contributed by atoms with Gasteiger partial charge in [-0.05, 0) is 31.2 Å². The summed E-state index contributed by atoms with van der Waals surface area (Å²) in [5, 5.41) is 3.72. The fraction of sp³-hybridized carbons (Fsp3) is 0.250. The highest BCUT2D eigenvalue weighted by Gasteiger charge is 2.20. The van der Waals surface area contributed by atoms with Gasteiger partial charge < -0.3 is 24.5 Å². The fourth-order valence-corrected chi connectivity index (χ4v) is 3.70. The molecule has 0 spiro atoms. The van der Waals surface area contributed by atoms with Crippen LogP contribution in [0.1, 0.15) is 22.0 Å². The van der Waals surface area contributed by atoms with Crippen molar-refractivity contribution < 1.29 is 19.0 Å². The van der Waals surface area contributed by atoms with Gasteiger partial charge in [-0.3, -0.25) is 9.78 Å². The maximum Gasteiger partial charge on any atom is 0.267 e. The quantitative estimate of drug-likeness (QED) is 0.426. The molecule has 0 saturated carbocycles. The standard InChI is InChI=1S/C24H25N5O4/c1-14-27-13-16(17-7-5-6-9-25-17)18(28-14)8-10-26-24(30)19-11-15-12-20(31-2)22(32-3)23(33-4)21(15)29-19/h5-7,9,11-13,29H,8,10H2,1-4H3,(H,26,30). The summed E-state index contributed by atoms with van der Waals surface area (Å²) in [4.78, 5) is 29.2. The molecule has 0 radical (unpaired) electrons. The van der Waals surface area contributed by atoms with Crippen LogP contribution in [0.2, 0.25) is 0 Å². The number of ether oxygens (including phenoxy) is 3. The van der Waals surface area contributed by atoms with Gasteiger partial charge in [0, 0.05) is 36.3 Å². The van der Waals surface area contributed by atoms with Crippen molar-refractivity contribution >= 4 is 16.8 Å². The summed E-state index contributed by atoms with van der Waals surface area (Å²) in [6, 6.07) is 9.24. The van der Waals surface area contributed by atoms with E-state index in [2.05, 4.69) is 25.3 Å². The van der Waals surface area contributed by atoms with E-state index in [1.807, 2.05) is 25.1 Å². The molecule has 0 unspecified atom stereocenters. The number of nitrogens with one attached hydrogen (secondary N) is 2. The van der Waals surface area contributed by atoms with Crippen molar-refractivity contribution in [1.82, 2.24) is 25.3 Å². The van der Waals surface area contributed by atoms with Crippen LogP contribution in [0.4, 0.5) is 0 Å². The van der Waals surface area contributed by atoms with Crippen molar-refractivity contribution in [3.05, 3.63) is 59.9 Å². The lowest BCUT2D eigenvalue weighted by Crippen LogP contribution is -2.26. The molecule has 9 heteroatoms. The summed E-state index contributed by atoms with van der Waals surface area (Å²) in [6.07, 6.45) is 4.04. The Morgan fingerprint density at radius 2 is 1.88 bits per heavy atom. The van der Waals surface area contributed by atoms with E-state index in [1.54, 1.807) is 38.7 Å². The number of carbonyl (C=O) groups is 1. The Morgan fingerprint density at radius 3 is 2.58 bits per heavy atom. The third-order valence-corrected chi connectivity index (χ3v) is 5.24. The zero-order chi connectivity index (χ0) is 23.4. The first-order valence-corrected chi connectivity index (χ1v) is 10.4. The van der Waals surface area contributed by atoms with Gasteiger partial charge in [-0.1, -0.05) is 6.07 Å². The Balaban J connectivity index is 1.53. The molecule has 3 heterocycles. The molecule has 0 fully saturated rings. The number of pyridine rings is 1. The van der Waals surface area contributed by atoms with Crippen molar-refractivity contribution in [2.45, 2.75) is 13.3 Å². The summed E-state index contributed by atoms with van der Waals surface area (Å²) in [7, 11) is 4.63. The Bertz CT molecular complexity index is 1290. The predicted molar refractivity (Wildman–Crippen MR) is 124 cm³/mol. The number of aromatic amines is 1. The first-order chi connectivity index (χ1) is 16.0. The number of carbonyl (C=O) groups excluding carboxylic acids is 1. The van der Waals surface area contributed by atoms with Gasteiger partial charge >= 0.3 is 0 Å². The molecule has 0 saturated heterocycles. The average Bonchev–Trinajstić information content (AvgIpc) is 3.27. The second-order valence-corrected chi connectivity index (χ2v) is 7.29. The summed E-state index contributed by atoms with van der Waals surface area (Å²) in [6.45, 7) is 2.24. The molecule has 0 aliphatic heterocycles. The normalized spacial score (nSPS) is 10.8. The van der Waals surface area contributed by atoms with Crippen molar-refractivity contribution in [3.63, 3.8) is 0 Å². The van der Waals surface area contributed by atoms with E-state index in [0.29, 0.717) is 47.2 Å². The first-order valence-electron chi connectivity index (χ1n) is 10.4. The van der Waals surface area contributed by atoms with Crippen LogP contribution < -0.4 is 19.5 Å². The molecule has 1 amide bonds. The minimum Gasteiger partial charge on any atom is -0.493 e. The van der Waals surface area contributed by atoms with Crippen LogP contribution in [0, 0.1) is 6.92 Å². The zero-order valence-electron chi connectivity index (χ0n) is 18.9. The molecule has 0 aliphatic carbocycles. The molecular formula is C24H25N5O4. The number of fused-ring (bicyclic) bond motifs is 1. The number of hydrogen-bond acceptors (Lipinski definition) is 7. The summed E-state index contributed by atoms with van der Waals surface area (Å²) >= 11 is 0. The Hall–Kier alpha value is -4.14. The van der Waals surface area contributed by atoms with Gasteiger partial charge in [0.25, 0.3) is 5.91 Å². The highest BCUT2D eigenvalue weighted by molar-refractivity contribution is 6.01. The molecule has 9 nitrogen and oxygen atoms in total. The number of rotatable bonds is 8. The largest absolute Gasteiger partial charge is 0.493 e. The van der Waals surface area contributed by atoms with Gasteiger partial charge in [-0.2, -0.15) is 0 Å². The average molecular weight is 447 g/mol. The topological polar surface area (TPSA) is 111 Å². The molecule has 0 bridgehead atoms. The number of hydrogen-bond donors (Lipinski definition) is 2. The van der Waals surface area contributed by atoms with Crippen molar-refractivity contribution in [2.75, 3.05) is 27.9 Å². The van der Waals surface area contributed by atoms with E-state index >= 15 is 0 Å². The van der Waals surface area contributed by atoms with E-state index in [0.717, 1.165) is 22.3 Å². The third kappa shape index (κ3) is 4.43. The highest BCUT2D eigenvalue weighted by atomic mass is 16.5. The molecular weight excluding hydrogens is 422 g/mol. The second-order valence-electron chi connectivity index (χ2n) is 7.29. The van der Waals surface area contributed by atoms with Crippen LogP contribution in [0.15, 0.2) is 42.7 Å². The molecule has 4 rings (SSSR count). The van der Waals surface area contributed by atoms with Gasteiger partial charge in [0.15, 0.2) is 11.5 Å². The SMILES string of the molecule is COc1cc2cc(C(=O)NCCc3nc(C)ncc3-c3ccccn3)[nH]c2c(OC)c1OC. The van der Waals surface area contributed by atoms with E-state index in [4.69, 9.17) is 14.2 Å². The van der Waals surface area contributed by atoms with Crippen molar-refractivity contribution in [1.29, 1.82) is 0 Å². The fourth-order valence-electron chi connectivity index (χ4n) is 3.70. The molecule has 1 aromatic carbocycles. The Morgan fingerprint density at radius 1 is 1.06 bits per heavy atom. The Kier molecular flexibility index (Phi) is 6.39. The molecule has 0 aliphatic rings. The lowest BCUT2D eigenvalue weighted by atomic mass is 10.1. The third-order valence-electron chi connectivity index (χ3n) is 5.24. The zero-order valence-corrected chi connectivity index (χ0v) is 18.9. The van der Waals surface area contributed by atoms with E-state index < -0.39 is 0 Å². The molecule has 0 atom stereocenters. The number of methoxy groups -OCH3 is 3. The molecule has 33 heavy (non-hydrogen) atoms. The van der Waals surface area contributed by atoms with Gasteiger partial charge in [0.05, 0.1) is 38.2 Å². The van der Waals surface area contributed by atoms with Crippen LogP contribution in [0.3, 0.4) is 0 Å². The minimum absolute atomic E-state index is 0.239. The number of aryl methyl sites for hydroxylation is 1. The van der Waals surface area contributed by atoms with Crippen LogP contribution in [0.5, 0.6) is 17.2 Å². The lowest BCUT2D eigenvalue weighted by Gasteiger charge is -2.12. The van der Waals surface area contributed by atoms with Gasteiger partial charge in [0.1, 0.15) is 11.5 Å². The molecule has 3 aromatic heterocycles. The van der Waals surface area contributed by atoms with E-state index in [9.17, 15) is 4.79 Å². The number of aromatic nitrogens is 4. The van der Waals surface area contributed by atoms with Crippen LogP contribution in [-0.4, -0.2) is 53.7 Å². The van der Waals surface area contributed by atoms with Crippen LogP contribution >= 0.6 is 0 Å². The van der Waals surface area contributed by atoms with Gasteiger partial charge in [-0.15, -0.1) is 0 Å². The maximum absolute atomic E-state index is 12.8. The molecule has 2 N–H and O–H groups in total. The molecule has 4 aromatic rings. The van der Waals surface area contributed by atoms with Gasteiger partial charge in [0.2, 0.25) is 5.75 Å². The Labute approximate surface area is 191 Å². The summed E-state index contributed by atoms with van der Waals surface area (Å²) in [5.41, 5.74) is 3.54. The lowest BCUT2D eigenvalue weighted by molar-refractivity contribution is 0.0950. The number of H-pyrrole nitrogens is 1. The van der Waals surface area contributed by atoms with Crippen molar-refractivity contribution in [2.24, 2.45) is 0 Å². The second kappa shape index (κ2) is 9.56. The number of amides is 1. The van der Waals surface area contributed by atoms with E-state index in [-0.39, 0.29) is 5.91 Å². The highest BCUT2D eigenvalue weighted by Crippen LogP contribution is 2.43. The van der Waals surface area contributed by atoms with E-state index in [1.165, 1.54) is 7.11 Å².